The molecule has 1 rings (SSSR count). The molecule has 0 aromatic carbocycles. The molecule has 1 atom stereocenters. The zero-order valence-electron chi connectivity index (χ0n) is 8.03. The number of hydrogen-bond donors (Lipinski definition) is 1. The summed E-state index contributed by atoms with van der Waals surface area (Å²) in [7, 11) is 1.96. The minimum Gasteiger partial charge on any atom is -0.481 e. The fraction of sp³-hybridized carbons (Fsp3) is 0.889. The van der Waals surface area contributed by atoms with Crippen molar-refractivity contribution in [1.82, 2.24) is 4.90 Å². The van der Waals surface area contributed by atoms with E-state index in [9.17, 15) is 4.79 Å². The van der Waals surface area contributed by atoms with Gasteiger partial charge in [0.05, 0.1) is 13.0 Å². The fourth-order valence-corrected chi connectivity index (χ4v) is 1.53. The molecule has 13 heavy (non-hydrogen) atoms. The molecule has 0 amide bonds. The van der Waals surface area contributed by atoms with Crippen molar-refractivity contribution in [3.05, 3.63) is 0 Å². The number of carbonyl (C=O) groups is 1. The molecule has 76 valence electrons. The predicted molar refractivity (Wildman–Crippen MR) is 48.7 cm³/mol. The summed E-state index contributed by atoms with van der Waals surface area (Å²) in [5.74, 6) is -0.733. The highest BCUT2D eigenvalue weighted by atomic mass is 16.5. The second kappa shape index (κ2) is 5.19. The molecule has 0 aliphatic carbocycles. The van der Waals surface area contributed by atoms with E-state index in [1.54, 1.807) is 0 Å². The standard InChI is InChI=1S/C9H17NO3/c1-10(5-4-9(11)12)8-3-2-6-13-7-8/h8H,2-7H2,1H3,(H,11,12). The van der Waals surface area contributed by atoms with Crippen LogP contribution in [0.1, 0.15) is 19.3 Å². The first kappa shape index (κ1) is 10.5. The van der Waals surface area contributed by atoms with Gasteiger partial charge in [-0.2, -0.15) is 0 Å². The van der Waals surface area contributed by atoms with E-state index in [4.69, 9.17) is 9.84 Å². The van der Waals surface area contributed by atoms with Crippen LogP contribution in [-0.2, 0) is 9.53 Å². The molecule has 1 fully saturated rings. The van der Waals surface area contributed by atoms with E-state index in [2.05, 4.69) is 4.90 Å². The Labute approximate surface area is 78.5 Å². The van der Waals surface area contributed by atoms with Gasteiger partial charge in [0.1, 0.15) is 0 Å². The lowest BCUT2D eigenvalue weighted by molar-refractivity contribution is -0.137. The maximum absolute atomic E-state index is 10.3. The van der Waals surface area contributed by atoms with E-state index >= 15 is 0 Å². The lowest BCUT2D eigenvalue weighted by atomic mass is 10.1. The number of carboxylic acids is 1. The van der Waals surface area contributed by atoms with Crippen molar-refractivity contribution >= 4 is 5.97 Å². The monoisotopic (exact) mass is 187 g/mol. The largest absolute Gasteiger partial charge is 0.481 e. The summed E-state index contributed by atoms with van der Waals surface area (Å²) in [6.45, 7) is 2.21. The first-order valence-corrected chi connectivity index (χ1v) is 4.70. The Morgan fingerprint density at radius 2 is 2.46 bits per heavy atom. The molecule has 0 spiro atoms. The summed E-state index contributed by atoms with van der Waals surface area (Å²) in [5, 5.41) is 8.50. The van der Waals surface area contributed by atoms with Crippen LogP contribution in [-0.4, -0.2) is 48.8 Å². The van der Waals surface area contributed by atoms with Crippen molar-refractivity contribution in [2.24, 2.45) is 0 Å². The average molecular weight is 187 g/mol. The Kier molecular flexibility index (Phi) is 4.18. The topological polar surface area (TPSA) is 49.8 Å². The van der Waals surface area contributed by atoms with Gasteiger partial charge in [-0.15, -0.1) is 0 Å². The van der Waals surface area contributed by atoms with Crippen LogP contribution in [0.25, 0.3) is 0 Å². The van der Waals surface area contributed by atoms with Crippen LogP contribution in [0, 0.1) is 0 Å². The maximum atomic E-state index is 10.3. The number of carboxylic acid groups (broad SMARTS) is 1. The molecule has 0 bridgehead atoms. The highest BCUT2D eigenvalue weighted by Crippen LogP contribution is 2.11. The van der Waals surface area contributed by atoms with Gasteiger partial charge >= 0.3 is 5.97 Å². The summed E-state index contributed by atoms with van der Waals surface area (Å²) in [5.41, 5.74) is 0. The second-order valence-electron chi connectivity index (χ2n) is 3.50. The van der Waals surface area contributed by atoms with Crippen molar-refractivity contribution in [3.63, 3.8) is 0 Å². The Morgan fingerprint density at radius 3 is 3.00 bits per heavy atom. The zero-order valence-corrected chi connectivity index (χ0v) is 8.03. The number of hydrogen-bond acceptors (Lipinski definition) is 3. The van der Waals surface area contributed by atoms with Crippen LogP contribution in [0.4, 0.5) is 0 Å². The third kappa shape index (κ3) is 3.74. The molecule has 1 saturated heterocycles. The van der Waals surface area contributed by atoms with E-state index in [1.165, 1.54) is 0 Å². The zero-order chi connectivity index (χ0) is 9.68. The smallest absolute Gasteiger partial charge is 0.304 e. The van der Waals surface area contributed by atoms with Gasteiger partial charge < -0.3 is 14.7 Å². The van der Waals surface area contributed by atoms with Crippen LogP contribution < -0.4 is 0 Å². The van der Waals surface area contributed by atoms with E-state index < -0.39 is 5.97 Å². The molecule has 1 heterocycles. The molecule has 0 radical (unpaired) electrons. The van der Waals surface area contributed by atoms with Crippen molar-refractivity contribution in [2.45, 2.75) is 25.3 Å². The first-order chi connectivity index (χ1) is 6.20. The molecular weight excluding hydrogens is 170 g/mol. The highest BCUT2D eigenvalue weighted by molar-refractivity contribution is 5.66. The Hall–Kier alpha value is -0.610. The van der Waals surface area contributed by atoms with Gasteiger partial charge in [-0.05, 0) is 19.9 Å². The average Bonchev–Trinajstić information content (AvgIpc) is 2.15. The van der Waals surface area contributed by atoms with Gasteiger partial charge in [0, 0.05) is 19.2 Å². The third-order valence-corrected chi connectivity index (χ3v) is 2.44. The number of rotatable bonds is 4. The molecular formula is C9H17NO3. The predicted octanol–water partition coefficient (Wildman–Crippen LogP) is 0.572. The van der Waals surface area contributed by atoms with Crippen LogP contribution in [0.15, 0.2) is 0 Å². The summed E-state index contributed by atoms with van der Waals surface area (Å²) < 4.78 is 5.32. The third-order valence-electron chi connectivity index (χ3n) is 2.44. The van der Waals surface area contributed by atoms with Gasteiger partial charge in [-0.1, -0.05) is 0 Å². The van der Waals surface area contributed by atoms with Crippen molar-refractivity contribution in [2.75, 3.05) is 26.8 Å². The lowest BCUT2D eigenvalue weighted by Gasteiger charge is -2.30. The fourth-order valence-electron chi connectivity index (χ4n) is 1.53. The number of aliphatic carboxylic acids is 1. The van der Waals surface area contributed by atoms with Crippen molar-refractivity contribution in [3.8, 4) is 0 Å². The van der Waals surface area contributed by atoms with Gasteiger partial charge in [-0.3, -0.25) is 4.79 Å². The molecule has 1 aliphatic heterocycles. The summed E-state index contributed by atoms with van der Waals surface area (Å²) in [6, 6.07) is 0.410. The van der Waals surface area contributed by atoms with E-state index in [-0.39, 0.29) is 6.42 Å². The lowest BCUT2D eigenvalue weighted by Crippen LogP contribution is -2.39. The minimum absolute atomic E-state index is 0.215. The SMILES string of the molecule is CN(CCC(=O)O)C1CCCOC1. The number of likely N-dealkylation sites (N-methyl/N-ethyl adjacent to an activating group) is 1. The van der Waals surface area contributed by atoms with Crippen molar-refractivity contribution < 1.29 is 14.6 Å². The molecule has 0 aromatic heterocycles. The Balaban J connectivity index is 2.20. The van der Waals surface area contributed by atoms with Crippen LogP contribution in [0.5, 0.6) is 0 Å². The minimum atomic E-state index is -0.733. The van der Waals surface area contributed by atoms with E-state index in [0.717, 1.165) is 26.1 Å². The van der Waals surface area contributed by atoms with E-state index in [0.29, 0.717) is 12.6 Å². The van der Waals surface area contributed by atoms with Crippen LogP contribution >= 0.6 is 0 Å². The van der Waals surface area contributed by atoms with Gasteiger partial charge in [0.2, 0.25) is 0 Å². The van der Waals surface area contributed by atoms with Gasteiger partial charge in [-0.25, -0.2) is 0 Å². The van der Waals surface area contributed by atoms with Crippen molar-refractivity contribution in [1.29, 1.82) is 0 Å². The van der Waals surface area contributed by atoms with E-state index in [1.807, 2.05) is 7.05 Å². The summed E-state index contributed by atoms with van der Waals surface area (Å²) in [6.07, 6.45) is 2.42. The summed E-state index contributed by atoms with van der Waals surface area (Å²) in [4.78, 5) is 12.4. The van der Waals surface area contributed by atoms with Crippen LogP contribution in [0.3, 0.4) is 0 Å². The molecule has 1 unspecified atom stereocenters. The molecule has 1 N–H and O–H groups in total. The van der Waals surface area contributed by atoms with Crippen LogP contribution in [0.2, 0.25) is 0 Å². The molecule has 1 aliphatic rings. The maximum Gasteiger partial charge on any atom is 0.304 e. The Bertz CT molecular complexity index is 166. The van der Waals surface area contributed by atoms with Gasteiger partial charge in [0.15, 0.2) is 0 Å². The summed E-state index contributed by atoms with van der Waals surface area (Å²) >= 11 is 0. The number of nitrogens with zero attached hydrogens (tertiary/aromatic N) is 1. The molecule has 0 saturated carbocycles. The molecule has 0 aromatic rings. The quantitative estimate of drug-likeness (QED) is 0.699. The second-order valence-corrected chi connectivity index (χ2v) is 3.50. The normalized spacial score (nSPS) is 23.4. The van der Waals surface area contributed by atoms with Gasteiger partial charge in [0.25, 0.3) is 0 Å². The Morgan fingerprint density at radius 1 is 1.69 bits per heavy atom. The molecule has 4 heteroatoms. The highest BCUT2D eigenvalue weighted by Gasteiger charge is 2.18. The number of ether oxygens (including phenoxy) is 1. The first-order valence-electron chi connectivity index (χ1n) is 4.70. The molecule has 4 nitrogen and oxygen atoms in total.